The molecule has 1 aliphatic rings. The third-order valence-corrected chi connectivity index (χ3v) is 3.40. The molecule has 1 aliphatic heterocycles. The molecule has 27 heavy (non-hydrogen) atoms. The summed E-state index contributed by atoms with van der Waals surface area (Å²) < 4.78 is 126. The molecule has 0 bridgehead atoms. The molecule has 156 valence electrons. The molecule has 0 radical (unpaired) electrons. The van der Waals surface area contributed by atoms with Crippen LogP contribution in [-0.2, 0) is 23.8 Å². The van der Waals surface area contributed by atoms with E-state index in [9.17, 15) is 49.1 Å². The molecule has 0 amide bonds. The molecule has 1 rings (SSSR count). The van der Waals surface area contributed by atoms with Gasteiger partial charge in [-0.25, -0.2) is 9.59 Å². The van der Waals surface area contributed by atoms with E-state index >= 15 is 0 Å². The first kappa shape index (κ1) is 23.0. The molecule has 1 heterocycles. The van der Waals surface area contributed by atoms with Crippen LogP contribution in [-0.4, -0.2) is 48.5 Å². The van der Waals surface area contributed by atoms with Gasteiger partial charge < -0.3 is 14.2 Å². The maximum atomic E-state index is 13.3. The number of alkyl halides is 9. The molecule has 0 saturated carbocycles. The summed E-state index contributed by atoms with van der Waals surface area (Å²) in [7, 11) is 0. The van der Waals surface area contributed by atoms with Crippen molar-refractivity contribution >= 4 is 11.9 Å². The Morgan fingerprint density at radius 3 is 1.96 bits per heavy atom. The number of rotatable bonds is 4. The van der Waals surface area contributed by atoms with Crippen LogP contribution in [0.4, 0.5) is 39.5 Å². The summed E-state index contributed by atoms with van der Waals surface area (Å²) in [6.45, 7) is 3.91. The predicted octanol–water partition coefficient (Wildman–Crippen LogP) is 3.44. The molecular formula is C13H11F9O5. The van der Waals surface area contributed by atoms with Gasteiger partial charge in [-0.05, 0) is 0 Å². The van der Waals surface area contributed by atoms with Gasteiger partial charge in [0, 0.05) is 18.4 Å². The zero-order chi connectivity index (χ0) is 21.4. The number of hydrogen-bond donors (Lipinski definition) is 0. The van der Waals surface area contributed by atoms with Gasteiger partial charge in [-0.1, -0.05) is 13.5 Å². The van der Waals surface area contributed by atoms with Gasteiger partial charge in [0.1, 0.15) is 0 Å². The van der Waals surface area contributed by atoms with Crippen molar-refractivity contribution in [2.45, 2.75) is 49.9 Å². The van der Waals surface area contributed by atoms with E-state index in [1.54, 1.807) is 0 Å². The van der Waals surface area contributed by atoms with Crippen LogP contribution < -0.4 is 0 Å². The number of ether oxygens (including phenoxy) is 3. The first-order valence-corrected chi connectivity index (χ1v) is 6.88. The monoisotopic (exact) mass is 418 g/mol. The fourth-order valence-electron chi connectivity index (χ4n) is 2.17. The lowest BCUT2D eigenvalue weighted by Gasteiger charge is -2.31. The molecule has 0 aromatic rings. The lowest BCUT2D eigenvalue weighted by Crippen LogP contribution is -2.57. The summed E-state index contributed by atoms with van der Waals surface area (Å²) in [5.74, 6) is -5.67. The minimum atomic E-state index is -6.22. The summed E-state index contributed by atoms with van der Waals surface area (Å²) >= 11 is 0. The lowest BCUT2D eigenvalue weighted by molar-refractivity contribution is -0.331. The fourth-order valence-corrected chi connectivity index (χ4v) is 2.17. The molecule has 14 heteroatoms. The second-order valence-corrected chi connectivity index (χ2v) is 5.50. The van der Waals surface area contributed by atoms with Gasteiger partial charge in [-0.15, -0.1) is 0 Å². The van der Waals surface area contributed by atoms with Gasteiger partial charge in [0.25, 0.3) is 11.7 Å². The molecule has 3 unspecified atom stereocenters. The highest BCUT2D eigenvalue weighted by Gasteiger charge is 2.71. The van der Waals surface area contributed by atoms with Gasteiger partial charge in [-0.3, -0.25) is 0 Å². The molecule has 0 N–H and O–H groups in total. The first-order chi connectivity index (χ1) is 12.0. The topological polar surface area (TPSA) is 61.8 Å². The Bertz CT molecular complexity index is 580. The van der Waals surface area contributed by atoms with E-state index < -0.39 is 60.8 Å². The second-order valence-electron chi connectivity index (χ2n) is 5.50. The van der Waals surface area contributed by atoms with E-state index in [2.05, 4.69) is 20.8 Å². The zero-order valence-electron chi connectivity index (χ0n) is 13.2. The van der Waals surface area contributed by atoms with Crippen molar-refractivity contribution in [2.75, 3.05) is 0 Å². The maximum absolute atomic E-state index is 13.3. The summed E-state index contributed by atoms with van der Waals surface area (Å²) in [5.41, 5.74) is -4.19. The predicted molar refractivity (Wildman–Crippen MR) is 65.7 cm³/mol. The van der Waals surface area contributed by atoms with Crippen LogP contribution in [0, 0.1) is 5.92 Å². The van der Waals surface area contributed by atoms with Gasteiger partial charge >= 0.3 is 30.5 Å². The Morgan fingerprint density at radius 1 is 1.11 bits per heavy atom. The average Bonchev–Trinajstić information content (AvgIpc) is 2.79. The Morgan fingerprint density at radius 2 is 1.59 bits per heavy atom. The van der Waals surface area contributed by atoms with Crippen LogP contribution >= 0.6 is 0 Å². The molecule has 3 atom stereocenters. The normalized spacial score (nSPS) is 26.8. The lowest BCUT2D eigenvalue weighted by atomic mass is 9.94. The van der Waals surface area contributed by atoms with Gasteiger partial charge in [0.2, 0.25) is 6.29 Å². The summed E-state index contributed by atoms with van der Waals surface area (Å²) in [6, 6.07) is 0. The third-order valence-electron chi connectivity index (χ3n) is 3.40. The van der Waals surface area contributed by atoms with Crippen LogP contribution in [0.5, 0.6) is 0 Å². The largest absolute Gasteiger partial charge is 0.440 e. The molecule has 0 aliphatic carbocycles. The van der Waals surface area contributed by atoms with E-state index in [1.807, 2.05) is 0 Å². The van der Waals surface area contributed by atoms with Gasteiger partial charge in [-0.2, -0.15) is 39.5 Å². The van der Waals surface area contributed by atoms with Crippen LogP contribution in [0.25, 0.3) is 0 Å². The van der Waals surface area contributed by atoms with Crippen LogP contribution in [0.3, 0.4) is 0 Å². The fraction of sp³-hybridized carbons (Fsp3) is 0.692. The number of esters is 2. The average molecular weight is 418 g/mol. The second kappa shape index (κ2) is 7.20. The maximum Gasteiger partial charge on any atom is 0.434 e. The van der Waals surface area contributed by atoms with Crippen molar-refractivity contribution in [1.82, 2.24) is 0 Å². The number of carbonyl (C=O) groups excluding carboxylic acids is 2. The minimum Gasteiger partial charge on any atom is -0.440 e. The van der Waals surface area contributed by atoms with E-state index in [-0.39, 0.29) is 0 Å². The Hall–Kier alpha value is -1.99. The Balaban J connectivity index is 3.23. The summed E-state index contributed by atoms with van der Waals surface area (Å²) in [5, 5.41) is 0. The molecule has 0 spiro atoms. The Labute approximate surface area is 145 Å². The standard InChI is InChI=1S/C13H11F9O5/c1-3-6(23)25-7-5(2)4-10(27-7,13(20,21)22)9(24)26-8(11(14,15)16)12(17,18)19/h3,5,7-8H,1,4H2,2H3. The smallest absolute Gasteiger partial charge is 0.434 e. The molecule has 0 aromatic heterocycles. The van der Waals surface area contributed by atoms with Crippen molar-refractivity contribution < 1.29 is 63.3 Å². The third kappa shape index (κ3) is 4.84. The SMILES string of the molecule is C=CC(=O)OC1OC(C(=O)OC(C(F)(F)F)C(F)(F)F)(C(F)(F)F)CC1C. The summed E-state index contributed by atoms with van der Waals surface area (Å²) in [4.78, 5) is 22.8. The van der Waals surface area contributed by atoms with Crippen LogP contribution in [0.2, 0.25) is 0 Å². The van der Waals surface area contributed by atoms with E-state index in [0.717, 1.165) is 6.92 Å². The van der Waals surface area contributed by atoms with Crippen molar-refractivity contribution in [3.63, 3.8) is 0 Å². The quantitative estimate of drug-likeness (QED) is 0.398. The highest BCUT2D eigenvalue weighted by atomic mass is 19.4. The molecular weight excluding hydrogens is 407 g/mol. The van der Waals surface area contributed by atoms with Crippen LogP contribution in [0.15, 0.2) is 12.7 Å². The zero-order valence-corrected chi connectivity index (χ0v) is 13.2. The van der Waals surface area contributed by atoms with Gasteiger partial charge in [0.15, 0.2) is 0 Å². The van der Waals surface area contributed by atoms with Crippen molar-refractivity contribution in [1.29, 1.82) is 0 Å². The van der Waals surface area contributed by atoms with E-state index in [0.29, 0.717) is 6.08 Å². The van der Waals surface area contributed by atoms with E-state index in [1.165, 1.54) is 0 Å². The number of hydrogen-bond acceptors (Lipinski definition) is 5. The number of carbonyl (C=O) groups is 2. The highest BCUT2D eigenvalue weighted by molar-refractivity contribution is 5.82. The van der Waals surface area contributed by atoms with Crippen molar-refractivity contribution in [3.05, 3.63) is 12.7 Å². The summed E-state index contributed by atoms with van der Waals surface area (Å²) in [6.07, 6.45) is -26.0. The Kier molecular flexibility index (Phi) is 6.15. The highest BCUT2D eigenvalue weighted by Crippen LogP contribution is 2.48. The van der Waals surface area contributed by atoms with E-state index in [4.69, 9.17) is 0 Å². The van der Waals surface area contributed by atoms with Gasteiger partial charge in [0.05, 0.1) is 0 Å². The van der Waals surface area contributed by atoms with Crippen molar-refractivity contribution in [3.8, 4) is 0 Å². The molecule has 0 aromatic carbocycles. The van der Waals surface area contributed by atoms with Crippen LogP contribution in [0.1, 0.15) is 13.3 Å². The number of halogens is 9. The first-order valence-electron chi connectivity index (χ1n) is 6.88. The molecule has 1 fully saturated rings. The molecule has 5 nitrogen and oxygen atoms in total. The minimum absolute atomic E-state index is 0.519. The molecule has 1 saturated heterocycles. The van der Waals surface area contributed by atoms with Crippen molar-refractivity contribution in [2.24, 2.45) is 5.92 Å².